The number of anilines is 1. The molecule has 1 amide bonds. The summed E-state index contributed by atoms with van der Waals surface area (Å²) in [4.78, 5) is 11.9. The molecule has 2 rings (SSSR count). The maximum atomic E-state index is 11.9. The maximum absolute atomic E-state index is 11.9. The van der Waals surface area contributed by atoms with Gasteiger partial charge in [0.05, 0.1) is 10.6 Å². The molecule has 0 unspecified atom stereocenters. The second kappa shape index (κ2) is 6.18. The van der Waals surface area contributed by atoms with E-state index in [1.807, 2.05) is 0 Å². The normalized spacial score (nSPS) is 10.4. The van der Waals surface area contributed by atoms with Crippen LogP contribution in [-0.4, -0.2) is 22.6 Å². The van der Waals surface area contributed by atoms with Gasteiger partial charge in [-0.2, -0.15) is 0 Å². The number of halogens is 2. The Bertz CT molecular complexity index is 602. The lowest BCUT2D eigenvalue weighted by Gasteiger charge is -2.06. The number of nitrogen functional groups attached to an aromatic ring is 1. The number of amides is 1. The molecule has 0 bridgehead atoms. The fourth-order valence-electron chi connectivity index (χ4n) is 1.42. The average molecular weight is 317 g/mol. The molecule has 0 aliphatic heterocycles. The van der Waals surface area contributed by atoms with Crippen LogP contribution in [0.25, 0.3) is 0 Å². The summed E-state index contributed by atoms with van der Waals surface area (Å²) in [6.07, 6.45) is 0.568. The Morgan fingerprint density at radius 3 is 2.84 bits per heavy atom. The first kappa shape index (κ1) is 14.0. The van der Waals surface area contributed by atoms with E-state index in [-0.39, 0.29) is 5.91 Å². The Labute approximate surface area is 123 Å². The van der Waals surface area contributed by atoms with E-state index in [9.17, 15) is 4.79 Å². The summed E-state index contributed by atoms with van der Waals surface area (Å²) in [5.41, 5.74) is 5.82. The van der Waals surface area contributed by atoms with Crippen LogP contribution in [0.1, 0.15) is 15.4 Å². The van der Waals surface area contributed by atoms with Crippen LogP contribution in [0.4, 0.5) is 5.13 Å². The van der Waals surface area contributed by atoms with Crippen molar-refractivity contribution in [2.75, 3.05) is 12.3 Å². The number of nitrogens with two attached hydrogens (primary N) is 1. The second-order valence-electron chi connectivity index (χ2n) is 3.66. The summed E-state index contributed by atoms with van der Waals surface area (Å²) in [5, 5.41) is 12.3. The Morgan fingerprint density at radius 1 is 1.37 bits per heavy atom. The molecule has 1 aromatic heterocycles. The SMILES string of the molecule is Nc1nnc(CCNC(=O)c2cc(Cl)ccc2Cl)s1. The smallest absolute Gasteiger partial charge is 0.252 e. The monoisotopic (exact) mass is 316 g/mol. The van der Waals surface area contributed by atoms with Crippen molar-refractivity contribution < 1.29 is 4.79 Å². The van der Waals surface area contributed by atoms with Gasteiger partial charge in [-0.05, 0) is 18.2 Å². The first-order valence-electron chi connectivity index (χ1n) is 5.37. The molecule has 5 nitrogen and oxygen atoms in total. The van der Waals surface area contributed by atoms with Gasteiger partial charge in [-0.25, -0.2) is 0 Å². The zero-order chi connectivity index (χ0) is 13.8. The molecule has 1 aromatic carbocycles. The molecule has 19 heavy (non-hydrogen) atoms. The zero-order valence-electron chi connectivity index (χ0n) is 9.69. The van der Waals surface area contributed by atoms with Crippen LogP contribution in [-0.2, 0) is 6.42 Å². The summed E-state index contributed by atoms with van der Waals surface area (Å²) < 4.78 is 0. The second-order valence-corrected chi connectivity index (χ2v) is 5.60. The third kappa shape index (κ3) is 3.79. The van der Waals surface area contributed by atoms with E-state index in [0.717, 1.165) is 5.01 Å². The van der Waals surface area contributed by atoms with Crippen LogP contribution in [0.15, 0.2) is 18.2 Å². The number of carbonyl (C=O) groups is 1. The first-order chi connectivity index (χ1) is 9.06. The summed E-state index contributed by atoms with van der Waals surface area (Å²) >= 11 is 13.1. The highest BCUT2D eigenvalue weighted by atomic mass is 35.5. The number of nitrogens with one attached hydrogen (secondary N) is 1. The standard InChI is InChI=1S/C11H10Cl2N4OS/c12-6-1-2-8(13)7(5-6)10(18)15-4-3-9-16-17-11(14)19-9/h1-2,5H,3-4H2,(H2,14,17)(H,15,18). The van der Waals surface area contributed by atoms with Gasteiger partial charge in [-0.3, -0.25) is 4.79 Å². The van der Waals surface area contributed by atoms with Crippen LogP contribution in [0, 0.1) is 0 Å². The molecule has 0 saturated heterocycles. The molecule has 2 aromatic rings. The molecule has 0 aliphatic carbocycles. The summed E-state index contributed by atoms with van der Waals surface area (Å²) in [5.74, 6) is -0.273. The highest BCUT2D eigenvalue weighted by molar-refractivity contribution is 7.15. The largest absolute Gasteiger partial charge is 0.374 e. The molecule has 3 N–H and O–H groups in total. The Balaban J connectivity index is 1.92. The van der Waals surface area contributed by atoms with Crippen molar-refractivity contribution in [3.8, 4) is 0 Å². The topological polar surface area (TPSA) is 80.9 Å². The molecular weight excluding hydrogens is 307 g/mol. The fraction of sp³-hybridized carbons (Fsp3) is 0.182. The van der Waals surface area contributed by atoms with Crippen LogP contribution in [0.5, 0.6) is 0 Å². The average Bonchev–Trinajstić information content (AvgIpc) is 2.78. The Kier molecular flexibility index (Phi) is 4.57. The molecule has 0 aliphatic rings. The minimum atomic E-state index is -0.273. The highest BCUT2D eigenvalue weighted by Gasteiger charge is 2.11. The third-order valence-corrected chi connectivity index (χ3v) is 3.66. The van der Waals surface area contributed by atoms with Gasteiger partial charge in [-0.15, -0.1) is 10.2 Å². The summed E-state index contributed by atoms with van der Waals surface area (Å²) in [6, 6.07) is 4.75. The Morgan fingerprint density at radius 2 is 2.16 bits per heavy atom. The molecule has 0 spiro atoms. The predicted molar refractivity (Wildman–Crippen MR) is 76.8 cm³/mol. The number of benzene rings is 1. The van der Waals surface area contributed by atoms with Crippen molar-refractivity contribution >= 4 is 45.6 Å². The fourth-order valence-corrected chi connectivity index (χ4v) is 2.40. The molecule has 1 heterocycles. The lowest BCUT2D eigenvalue weighted by atomic mass is 10.2. The summed E-state index contributed by atoms with van der Waals surface area (Å²) in [6.45, 7) is 0.427. The van der Waals surface area contributed by atoms with Crippen molar-refractivity contribution in [3.63, 3.8) is 0 Å². The van der Waals surface area contributed by atoms with Gasteiger partial charge in [0.1, 0.15) is 5.01 Å². The van der Waals surface area contributed by atoms with Crippen LogP contribution < -0.4 is 11.1 Å². The van der Waals surface area contributed by atoms with E-state index in [2.05, 4.69) is 15.5 Å². The lowest BCUT2D eigenvalue weighted by molar-refractivity contribution is 0.0954. The highest BCUT2D eigenvalue weighted by Crippen LogP contribution is 2.20. The molecule has 8 heteroatoms. The van der Waals surface area contributed by atoms with Gasteiger partial charge in [-0.1, -0.05) is 34.5 Å². The number of nitrogens with zero attached hydrogens (tertiary/aromatic N) is 2. The van der Waals surface area contributed by atoms with Gasteiger partial charge >= 0.3 is 0 Å². The quantitative estimate of drug-likeness (QED) is 0.907. The first-order valence-corrected chi connectivity index (χ1v) is 6.94. The van der Waals surface area contributed by atoms with E-state index in [4.69, 9.17) is 28.9 Å². The number of carbonyl (C=O) groups excluding carboxylic acids is 1. The van der Waals surface area contributed by atoms with Crippen molar-refractivity contribution in [2.24, 2.45) is 0 Å². The zero-order valence-corrected chi connectivity index (χ0v) is 12.0. The minimum Gasteiger partial charge on any atom is -0.374 e. The molecule has 0 atom stereocenters. The maximum Gasteiger partial charge on any atom is 0.252 e. The van der Waals surface area contributed by atoms with Gasteiger partial charge in [0.2, 0.25) is 5.13 Å². The van der Waals surface area contributed by atoms with Crippen LogP contribution >= 0.6 is 34.5 Å². The van der Waals surface area contributed by atoms with Gasteiger partial charge in [0, 0.05) is 18.0 Å². The van der Waals surface area contributed by atoms with E-state index in [1.54, 1.807) is 12.1 Å². The number of aromatic nitrogens is 2. The van der Waals surface area contributed by atoms with Crippen molar-refractivity contribution in [1.29, 1.82) is 0 Å². The van der Waals surface area contributed by atoms with E-state index >= 15 is 0 Å². The third-order valence-electron chi connectivity index (χ3n) is 2.28. The van der Waals surface area contributed by atoms with Crippen LogP contribution in [0.3, 0.4) is 0 Å². The lowest BCUT2D eigenvalue weighted by Crippen LogP contribution is -2.25. The van der Waals surface area contributed by atoms with Gasteiger partial charge in [0.25, 0.3) is 5.91 Å². The molecule has 100 valence electrons. The van der Waals surface area contributed by atoms with Crippen LogP contribution in [0.2, 0.25) is 10.0 Å². The van der Waals surface area contributed by atoms with E-state index < -0.39 is 0 Å². The van der Waals surface area contributed by atoms with E-state index in [0.29, 0.717) is 33.7 Å². The number of hydrogen-bond donors (Lipinski definition) is 2. The molecule has 0 saturated carbocycles. The molecule has 0 radical (unpaired) electrons. The van der Waals surface area contributed by atoms with Gasteiger partial charge in [0.15, 0.2) is 0 Å². The van der Waals surface area contributed by atoms with Gasteiger partial charge < -0.3 is 11.1 Å². The van der Waals surface area contributed by atoms with Crippen molar-refractivity contribution in [1.82, 2.24) is 15.5 Å². The van der Waals surface area contributed by atoms with Crippen molar-refractivity contribution in [2.45, 2.75) is 6.42 Å². The molecular formula is C11H10Cl2N4OS. The number of rotatable bonds is 4. The van der Waals surface area contributed by atoms with E-state index in [1.165, 1.54) is 17.4 Å². The molecule has 0 fully saturated rings. The number of hydrogen-bond acceptors (Lipinski definition) is 5. The van der Waals surface area contributed by atoms with Crippen molar-refractivity contribution in [3.05, 3.63) is 38.8 Å². The Hall–Kier alpha value is -1.37. The predicted octanol–water partition coefficient (Wildman–Crippen LogP) is 2.40. The minimum absolute atomic E-state index is 0.273. The summed E-state index contributed by atoms with van der Waals surface area (Å²) in [7, 11) is 0.